The van der Waals surface area contributed by atoms with Crippen molar-refractivity contribution >= 4 is 53.4 Å². The Morgan fingerprint density at radius 1 is 0.689 bits per heavy atom. The molecule has 1 aliphatic heterocycles. The number of rotatable bonds is 24. The number of carboxylic acids is 2. The summed E-state index contributed by atoms with van der Waals surface area (Å²) in [4.78, 5) is 102. The number of hydrogen-bond acceptors (Lipinski definition) is 11. The third kappa shape index (κ3) is 16.7. The molecule has 2 aromatic rings. The van der Waals surface area contributed by atoms with E-state index < -0.39 is 84.1 Å². The van der Waals surface area contributed by atoms with Crippen molar-refractivity contribution in [3.63, 3.8) is 0 Å². The van der Waals surface area contributed by atoms with Gasteiger partial charge in [-0.1, -0.05) is 42.5 Å². The lowest BCUT2D eigenvalue weighted by Crippen LogP contribution is -2.59. The van der Waals surface area contributed by atoms with Crippen LogP contribution in [0.15, 0.2) is 64.6 Å². The van der Waals surface area contributed by atoms with Crippen LogP contribution in [-0.2, 0) is 46.4 Å². The average Bonchev–Trinajstić information content (AvgIpc) is 3.70. The number of nitrogens with two attached hydrogens (primary N) is 5. The molecule has 17 N–H and O–H groups in total. The third-order valence-electron chi connectivity index (χ3n) is 9.62. The highest BCUT2D eigenvalue weighted by atomic mass is 16.4. The first kappa shape index (κ1) is 48.4. The number of carboxylic acid groups (broad SMARTS) is 2. The van der Waals surface area contributed by atoms with Gasteiger partial charge >= 0.3 is 11.9 Å². The van der Waals surface area contributed by atoms with E-state index in [0.29, 0.717) is 24.0 Å². The zero-order valence-electron chi connectivity index (χ0n) is 33.6. The van der Waals surface area contributed by atoms with E-state index in [4.69, 9.17) is 28.7 Å². The molecule has 1 aliphatic rings. The van der Waals surface area contributed by atoms with Crippen molar-refractivity contribution in [1.82, 2.24) is 26.2 Å². The molecule has 2 aromatic carbocycles. The first-order valence-corrected chi connectivity index (χ1v) is 19.6. The van der Waals surface area contributed by atoms with Gasteiger partial charge in [0.15, 0.2) is 11.9 Å². The average molecular weight is 853 g/mol. The van der Waals surface area contributed by atoms with Gasteiger partial charge in [0.05, 0.1) is 12.5 Å². The normalized spacial score (nSPS) is 15.8. The van der Waals surface area contributed by atoms with Crippen molar-refractivity contribution in [2.45, 2.75) is 94.0 Å². The van der Waals surface area contributed by atoms with Crippen LogP contribution in [0.1, 0.15) is 56.1 Å². The zero-order valence-corrected chi connectivity index (χ0v) is 33.6. The SMILES string of the molecule is NC(N)=NCCC[C@H](NC(=O)[C@H](CC(=O)O)NC(=O)[C@@H](N)CCCN=C(N)N)C(=O)N[C@@H](Cc1ccccc1)C(=O)N1CCC[C@H]1C(=O)N[C@@H](Cc1ccc(O)cc1)C(=O)O. The minimum absolute atomic E-state index is 0.0165. The van der Waals surface area contributed by atoms with Gasteiger partial charge in [-0.25, -0.2) is 4.79 Å². The highest BCUT2D eigenvalue weighted by Crippen LogP contribution is 2.21. The number of carbonyl (C=O) groups excluding carboxylic acids is 5. The van der Waals surface area contributed by atoms with Crippen LogP contribution in [0.4, 0.5) is 0 Å². The maximum absolute atomic E-state index is 14.4. The Hall–Kier alpha value is -6.97. The predicted octanol–water partition coefficient (Wildman–Crippen LogP) is -2.90. The molecule has 0 saturated carbocycles. The fraction of sp³-hybridized carbons (Fsp3) is 0.462. The van der Waals surface area contributed by atoms with Gasteiger partial charge in [0.25, 0.3) is 0 Å². The Balaban J connectivity index is 1.85. The molecule has 0 aromatic heterocycles. The van der Waals surface area contributed by atoms with E-state index in [-0.39, 0.29) is 75.8 Å². The van der Waals surface area contributed by atoms with Gasteiger partial charge in [0.1, 0.15) is 36.0 Å². The molecule has 0 unspecified atom stereocenters. The molecule has 0 bridgehead atoms. The Labute approximate surface area is 351 Å². The highest BCUT2D eigenvalue weighted by molar-refractivity contribution is 5.97. The quantitative estimate of drug-likeness (QED) is 0.0286. The van der Waals surface area contributed by atoms with Crippen molar-refractivity contribution in [1.29, 1.82) is 0 Å². The molecule has 0 aliphatic carbocycles. The molecule has 22 nitrogen and oxygen atoms in total. The molecule has 0 spiro atoms. The number of aliphatic carboxylic acids is 2. The minimum Gasteiger partial charge on any atom is -0.508 e. The van der Waals surface area contributed by atoms with E-state index in [1.165, 1.54) is 29.2 Å². The van der Waals surface area contributed by atoms with Crippen LogP contribution in [0.2, 0.25) is 0 Å². The van der Waals surface area contributed by atoms with Gasteiger partial charge < -0.3 is 70.2 Å². The van der Waals surface area contributed by atoms with Crippen molar-refractivity contribution < 1.29 is 48.9 Å². The molecule has 1 heterocycles. The number of nitrogens with zero attached hydrogens (tertiary/aromatic N) is 3. The number of aromatic hydroxyl groups is 1. The largest absolute Gasteiger partial charge is 0.508 e. The molecule has 1 fully saturated rings. The standard InChI is InChI=1S/C39H56N12O10/c40-25(9-4-16-45-38(41)42)32(55)48-27(21-31(53)54)34(57)47-26(10-5-17-46-39(43)44)33(56)49-28(19-22-7-2-1-3-8-22)36(59)51-18-6-11-30(51)35(58)50-29(37(60)61)20-23-12-14-24(52)15-13-23/h1-3,7-8,12-15,25-30,52H,4-6,9-11,16-21,40H2,(H,47,57)(H,48,55)(H,49,56)(H,50,58)(H,53,54)(H,60,61)(H4,41,42,45)(H4,43,44,46)/t25-,26-,27-,28-,29-,30-/m0/s1. The van der Waals surface area contributed by atoms with Crippen molar-refractivity contribution in [3.05, 3.63) is 65.7 Å². The first-order valence-electron chi connectivity index (χ1n) is 19.6. The predicted molar refractivity (Wildman–Crippen MR) is 222 cm³/mol. The zero-order chi connectivity index (χ0) is 45.1. The van der Waals surface area contributed by atoms with Gasteiger partial charge in [-0.15, -0.1) is 0 Å². The summed E-state index contributed by atoms with van der Waals surface area (Å²) in [6, 6.07) is 6.48. The third-order valence-corrected chi connectivity index (χ3v) is 9.62. The molecule has 1 saturated heterocycles. The lowest BCUT2D eigenvalue weighted by atomic mass is 10.0. The van der Waals surface area contributed by atoms with Crippen molar-refractivity contribution in [2.24, 2.45) is 38.7 Å². The van der Waals surface area contributed by atoms with Crippen LogP contribution in [0.5, 0.6) is 5.75 Å². The van der Waals surface area contributed by atoms with E-state index in [2.05, 4.69) is 31.3 Å². The Bertz CT molecular complexity index is 1890. The second-order valence-corrected chi connectivity index (χ2v) is 14.4. The number of nitrogens with one attached hydrogen (secondary N) is 4. The molecule has 22 heteroatoms. The number of guanidine groups is 2. The summed E-state index contributed by atoms with van der Waals surface area (Å²) in [5.41, 5.74) is 28.7. The van der Waals surface area contributed by atoms with E-state index in [1.54, 1.807) is 30.3 Å². The number of hydrogen-bond donors (Lipinski definition) is 12. The van der Waals surface area contributed by atoms with Crippen molar-refractivity contribution in [2.75, 3.05) is 19.6 Å². The number of amides is 5. The summed E-state index contributed by atoms with van der Waals surface area (Å²) < 4.78 is 0. The van der Waals surface area contributed by atoms with E-state index >= 15 is 0 Å². The van der Waals surface area contributed by atoms with Gasteiger partial charge in [0, 0.05) is 32.5 Å². The maximum Gasteiger partial charge on any atom is 0.326 e. The van der Waals surface area contributed by atoms with Crippen LogP contribution >= 0.6 is 0 Å². The lowest BCUT2D eigenvalue weighted by molar-refractivity contribution is -0.145. The van der Waals surface area contributed by atoms with Gasteiger partial charge in [0.2, 0.25) is 29.5 Å². The fourth-order valence-corrected chi connectivity index (χ4v) is 6.52. The smallest absolute Gasteiger partial charge is 0.326 e. The second-order valence-electron chi connectivity index (χ2n) is 14.4. The monoisotopic (exact) mass is 852 g/mol. The second kappa shape index (κ2) is 24.2. The maximum atomic E-state index is 14.4. The number of likely N-dealkylation sites (tertiary alicyclic amines) is 1. The Morgan fingerprint density at radius 3 is 1.82 bits per heavy atom. The number of aliphatic imine (C=N–C) groups is 2. The number of carbonyl (C=O) groups is 7. The number of phenolic OH excluding ortho intramolecular Hbond substituents is 1. The minimum atomic E-state index is -1.67. The van der Waals surface area contributed by atoms with Crippen LogP contribution in [0.3, 0.4) is 0 Å². The molecular weight excluding hydrogens is 797 g/mol. The molecule has 61 heavy (non-hydrogen) atoms. The molecule has 6 atom stereocenters. The summed E-state index contributed by atoms with van der Waals surface area (Å²) in [5, 5.41) is 39.2. The Kier molecular flexibility index (Phi) is 19.2. The van der Waals surface area contributed by atoms with E-state index in [9.17, 15) is 48.9 Å². The lowest BCUT2D eigenvalue weighted by Gasteiger charge is -2.31. The Morgan fingerprint density at radius 2 is 1.23 bits per heavy atom. The van der Waals surface area contributed by atoms with E-state index in [1.807, 2.05) is 0 Å². The molecule has 3 rings (SSSR count). The van der Waals surface area contributed by atoms with Crippen LogP contribution < -0.4 is 49.9 Å². The summed E-state index contributed by atoms with van der Waals surface area (Å²) >= 11 is 0. The molecule has 0 radical (unpaired) electrons. The summed E-state index contributed by atoms with van der Waals surface area (Å²) in [6.45, 7) is 0.318. The molecular formula is C39H56N12O10. The highest BCUT2D eigenvalue weighted by Gasteiger charge is 2.40. The fourth-order valence-electron chi connectivity index (χ4n) is 6.52. The summed E-state index contributed by atoms with van der Waals surface area (Å²) in [7, 11) is 0. The van der Waals surface area contributed by atoms with Gasteiger partial charge in [-0.05, 0) is 61.8 Å². The van der Waals surface area contributed by atoms with Crippen LogP contribution in [-0.4, -0.2) is 129 Å². The number of benzene rings is 2. The topological polar surface area (TPSA) is 386 Å². The van der Waals surface area contributed by atoms with Crippen LogP contribution in [0.25, 0.3) is 0 Å². The first-order chi connectivity index (χ1) is 28.9. The summed E-state index contributed by atoms with van der Waals surface area (Å²) in [6.07, 6.45) is -0.00498. The van der Waals surface area contributed by atoms with Gasteiger partial charge in [-0.3, -0.25) is 38.8 Å². The molecule has 332 valence electrons. The van der Waals surface area contributed by atoms with E-state index in [0.717, 1.165) is 0 Å². The van der Waals surface area contributed by atoms with Crippen LogP contribution in [0, 0.1) is 0 Å². The van der Waals surface area contributed by atoms with Crippen molar-refractivity contribution in [3.8, 4) is 5.75 Å². The molecule has 5 amide bonds. The number of phenols is 1. The summed E-state index contributed by atoms with van der Waals surface area (Å²) in [5.74, 6) is -7.25. The van der Waals surface area contributed by atoms with Gasteiger partial charge in [-0.2, -0.15) is 0 Å².